The maximum atomic E-state index is 14.0. The van der Waals surface area contributed by atoms with Crippen molar-refractivity contribution in [3.63, 3.8) is 0 Å². The first kappa shape index (κ1) is 19.2. The Bertz CT molecular complexity index is 813. The molecule has 2 saturated heterocycles. The van der Waals surface area contributed by atoms with E-state index in [-0.39, 0.29) is 24.6 Å². The monoisotopic (exact) mass is 386 g/mol. The highest BCUT2D eigenvalue weighted by Gasteiger charge is 2.51. The van der Waals surface area contributed by atoms with Crippen molar-refractivity contribution < 1.29 is 22.0 Å². The Kier molecular flexibility index (Phi) is 5.09. The number of hydrogen-bond donors (Lipinski definition) is 0. The molecule has 1 atom stereocenters. The fourth-order valence-corrected chi connectivity index (χ4v) is 5.28. The van der Waals surface area contributed by atoms with E-state index in [1.807, 2.05) is 0 Å². The Morgan fingerprint density at radius 2 is 1.92 bits per heavy atom. The predicted molar refractivity (Wildman–Crippen MR) is 93.7 cm³/mol. The normalized spacial score (nSPS) is 24.8. The lowest BCUT2D eigenvalue weighted by Crippen LogP contribution is -2.50. The van der Waals surface area contributed by atoms with Gasteiger partial charge >= 0.3 is 0 Å². The van der Waals surface area contributed by atoms with E-state index in [4.69, 9.17) is 0 Å². The topological polar surface area (TPSA) is 57.7 Å². The quantitative estimate of drug-likeness (QED) is 0.799. The number of halogens is 2. The number of hydrogen-bond acceptors (Lipinski definition) is 3. The minimum Gasteiger partial charge on any atom is -0.338 e. The standard InChI is InChI=1S/C18H24F2N2O3S/c1-13(2)26(24,25)22-10-8-18(12-22)7-4-9-21(17(18)23)11-14-5-3-6-15(19)16(14)20/h3,5-6,13H,4,7-12H2,1-2H3. The van der Waals surface area contributed by atoms with Gasteiger partial charge in [0.05, 0.1) is 10.7 Å². The number of amides is 1. The zero-order valence-corrected chi connectivity index (χ0v) is 15.9. The highest BCUT2D eigenvalue weighted by atomic mass is 32.2. The first-order valence-corrected chi connectivity index (χ1v) is 10.4. The SMILES string of the molecule is CC(C)S(=O)(=O)N1CCC2(CCCN(Cc3cccc(F)c3F)C2=O)C1. The van der Waals surface area contributed by atoms with E-state index in [0.29, 0.717) is 25.9 Å². The van der Waals surface area contributed by atoms with Crippen LogP contribution in [-0.4, -0.2) is 48.4 Å². The molecule has 0 aliphatic carbocycles. The molecule has 1 amide bonds. The second-order valence-electron chi connectivity index (χ2n) is 7.50. The molecule has 2 heterocycles. The molecule has 5 nitrogen and oxygen atoms in total. The molecule has 2 fully saturated rings. The van der Waals surface area contributed by atoms with Gasteiger partial charge in [-0.05, 0) is 39.2 Å². The zero-order valence-electron chi connectivity index (χ0n) is 15.0. The van der Waals surface area contributed by atoms with E-state index in [0.717, 1.165) is 12.5 Å². The van der Waals surface area contributed by atoms with Crippen LogP contribution in [0.25, 0.3) is 0 Å². The molecule has 0 aromatic heterocycles. The number of nitrogens with zero attached hydrogens (tertiary/aromatic N) is 2. The van der Waals surface area contributed by atoms with Gasteiger partial charge in [-0.3, -0.25) is 4.79 Å². The molecular weight excluding hydrogens is 362 g/mol. The third kappa shape index (κ3) is 3.24. The summed E-state index contributed by atoms with van der Waals surface area (Å²) in [6, 6.07) is 3.94. The summed E-state index contributed by atoms with van der Waals surface area (Å²) < 4.78 is 53.7. The molecule has 2 aliphatic heterocycles. The Balaban J connectivity index is 1.79. The average molecular weight is 386 g/mol. The number of carbonyl (C=O) groups excluding carboxylic acids is 1. The van der Waals surface area contributed by atoms with Crippen LogP contribution in [0.5, 0.6) is 0 Å². The summed E-state index contributed by atoms with van der Waals surface area (Å²) >= 11 is 0. The maximum absolute atomic E-state index is 14.0. The molecule has 3 rings (SSSR count). The fraction of sp³-hybridized carbons (Fsp3) is 0.611. The zero-order chi connectivity index (χ0) is 19.1. The van der Waals surface area contributed by atoms with Crippen LogP contribution < -0.4 is 0 Å². The van der Waals surface area contributed by atoms with Gasteiger partial charge in [0.2, 0.25) is 15.9 Å². The van der Waals surface area contributed by atoms with Crippen LogP contribution in [-0.2, 0) is 21.4 Å². The van der Waals surface area contributed by atoms with Gasteiger partial charge in [0.25, 0.3) is 0 Å². The van der Waals surface area contributed by atoms with Gasteiger partial charge in [0.15, 0.2) is 11.6 Å². The molecule has 1 unspecified atom stereocenters. The highest BCUT2D eigenvalue weighted by Crippen LogP contribution is 2.41. The molecule has 0 radical (unpaired) electrons. The van der Waals surface area contributed by atoms with E-state index in [1.54, 1.807) is 13.8 Å². The number of piperidine rings is 1. The van der Waals surface area contributed by atoms with Gasteiger partial charge in [-0.1, -0.05) is 12.1 Å². The Morgan fingerprint density at radius 3 is 2.62 bits per heavy atom. The Hall–Kier alpha value is -1.54. The summed E-state index contributed by atoms with van der Waals surface area (Å²) in [5.41, 5.74) is -0.607. The van der Waals surface area contributed by atoms with E-state index < -0.39 is 32.3 Å². The molecule has 0 N–H and O–H groups in total. The van der Waals surface area contributed by atoms with Crippen molar-refractivity contribution >= 4 is 15.9 Å². The van der Waals surface area contributed by atoms with Crippen LogP contribution in [0.3, 0.4) is 0 Å². The lowest BCUT2D eigenvalue weighted by molar-refractivity contribution is -0.146. The van der Waals surface area contributed by atoms with Gasteiger partial charge in [-0.25, -0.2) is 21.5 Å². The molecule has 26 heavy (non-hydrogen) atoms. The second kappa shape index (κ2) is 6.88. The lowest BCUT2D eigenvalue weighted by Gasteiger charge is -2.39. The number of sulfonamides is 1. The van der Waals surface area contributed by atoms with E-state index >= 15 is 0 Å². The number of benzene rings is 1. The molecule has 144 valence electrons. The fourth-order valence-electron chi connectivity index (χ4n) is 3.91. The summed E-state index contributed by atoms with van der Waals surface area (Å²) in [4.78, 5) is 14.6. The first-order valence-electron chi connectivity index (χ1n) is 8.89. The smallest absolute Gasteiger partial charge is 0.230 e. The summed E-state index contributed by atoms with van der Waals surface area (Å²) in [6.45, 7) is 4.22. The third-order valence-corrected chi connectivity index (χ3v) is 7.71. The van der Waals surface area contributed by atoms with Gasteiger partial charge in [-0.15, -0.1) is 0 Å². The van der Waals surface area contributed by atoms with Crippen molar-refractivity contribution in [1.82, 2.24) is 9.21 Å². The van der Waals surface area contributed by atoms with Crippen molar-refractivity contribution in [2.75, 3.05) is 19.6 Å². The third-order valence-electron chi connectivity index (χ3n) is 5.49. The lowest BCUT2D eigenvalue weighted by atomic mass is 9.78. The van der Waals surface area contributed by atoms with Crippen LogP contribution in [0.15, 0.2) is 18.2 Å². The summed E-state index contributed by atoms with van der Waals surface area (Å²) in [5, 5.41) is -0.533. The molecule has 0 saturated carbocycles. The molecule has 1 aromatic rings. The van der Waals surface area contributed by atoms with Crippen LogP contribution in [0.1, 0.15) is 38.7 Å². The minimum absolute atomic E-state index is 0.00110. The summed E-state index contributed by atoms with van der Waals surface area (Å²) in [5.74, 6) is -2.03. The highest BCUT2D eigenvalue weighted by molar-refractivity contribution is 7.89. The number of rotatable bonds is 4. The van der Waals surface area contributed by atoms with E-state index in [2.05, 4.69) is 0 Å². The van der Waals surface area contributed by atoms with Crippen LogP contribution in [0.2, 0.25) is 0 Å². The second-order valence-corrected chi connectivity index (χ2v) is 9.99. The van der Waals surface area contributed by atoms with Crippen molar-refractivity contribution in [1.29, 1.82) is 0 Å². The average Bonchev–Trinajstić information content (AvgIpc) is 3.02. The molecule has 1 aromatic carbocycles. The van der Waals surface area contributed by atoms with Crippen LogP contribution in [0, 0.1) is 17.0 Å². The van der Waals surface area contributed by atoms with Gasteiger partial charge in [0.1, 0.15) is 0 Å². The van der Waals surface area contributed by atoms with Gasteiger partial charge in [0, 0.05) is 31.7 Å². The molecule has 1 spiro atoms. The van der Waals surface area contributed by atoms with Gasteiger partial charge in [-0.2, -0.15) is 0 Å². The van der Waals surface area contributed by atoms with E-state index in [9.17, 15) is 22.0 Å². The van der Waals surface area contributed by atoms with Crippen LogP contribution >= 0.6 is 0 Å². The Labute approximate surface area is 153 Å². The molecular formula is C18H24F2N2O3S. The molecule has 2 aliphatic rings. The summed E-state index contributed by atoms with van der Waals surface area (Å²) in [7, 11) is -3.41. The van der Waals surface area contributed by atoms with Crippen LogP contribution in [0.4, 0.5) is 8.78 Å². The largest absolute Gasteiger partial charge is 0.338 e. The maximum Gasteiger partial charge on any atom is 0.230 e. The first-order chi connectivity index (χ1) is 12.2. The van der Waals surface area contributed by atoms with E-state index in [1.165, 1.54) is 21.3 Å². The molecule has 0 bridgehead atoms. The van der Waals surface area contributed by atoms with Crippen molar-refractivity contribution in [3.8, 4) is 0 Å². The van der Waals surface area contributed by atoms with Crippen molar-refractivity contribution in [3.05, 3.63) is 35.4 Å². The number of carbonyl (C=O) groups is 1. The number of likely N-dealkylation sites (tertiary alicyclic amines) is 1. The van der Waals surface area contributed by atoms with Gasteiger partial charge < -0.3 is 4.90 Å². The minimum atomic E-state index is -3.41. The Morgan fingerprint density at radius 1 is 1.19 bits per heavy atom. The van der Waals surface area contributed by atoms with Crippen molar-refractivity contribution in [2.24, 2.45) is 5.41 Å². The predicted octanol–water partition coefficient (Wildman–Crippen LogP) is 2.52. The summed E-state index contributed by atoms with van der Waals surface area (Å²) in [6.07, 6.45) is 1.82. The molecule has 8 heteroatoms. The van der Waals surface area contributed by atoms with Crippen molar-refractivity contribution in [2.45, 2.75) is 44.9 Å².